The van der Waals surface area contributed by atoms with Crippen molar-refractivity contribution in [3.63, 3.8) is 0 Å². The molecule has 15 heavy (non-hydrogen) atoms. The molecule has 0 radical (unpaired) electrons. The van der Waals surface area contributed by atoms with Crippen molar-refractivity contribution in [2.75, 3.05) is 0 Å². The van der Waals surface area contributed by atoms with Crippen molar-refractivity contribution >= 4 is 11.9 Å². The van der Waals surface area contributed by atoms with Gasteiger partial charge in [-0.05, 0) is 13.8 Å². The molecule has 82 valence electrons. The molecule has 0 aliphatic heterocycles. The van der Waals surface area contributed by atoms with Crippen LogP contribution in [-0.4, -0.2) is 22.2 Å². The first-order chi connectivity index (χ1) is 6.93. The van der Waals surface area contributed by atoms with E-state index >= 15 is 0 Å². The maximum Gasteiger partial charge on any atom is 0.341 e. The summed E-state index contributed by atoms with van der Waals surface area (Å²) in [5.41, 5.74) is 0.209. The zero-order chi connectivity index (χ0) is 11.6. The van der Waals surface area contributed by atoms with E-state index < -0.39 is 18.0 Å². The zero-order valence-corrected chi connectivity index (χ0v) is 8.60. The summed E-state index contributed by atoms with van der Waals surface area (Å²) in [6, 6.07) is 0. The normalized spacial score (nSPS) is 12.2. The van der Waals surface area contributed by atoms with Crippen LogP contribution < -0.4 is 0 Å². The zero-order valence-electron chi connectivity index (χ0n) is 8.60. The van der Waals surface area contributed by atoms with Gasteiger partial charge in [0.25, 0.3) is 0 Å². The molecular formula is C9H11NO5. The first-order valence-corrected chi connectivity index (χ1v) is 4.30. The molecule has 0 saturated carbocycles. The van der Waals surface area contributed by atoms with Crippen LogP contribution in [0.25, 0.3) is 0 Å². The molecule has 0 aromatic carbocycles. The number of carbonyl (C=O) groups is 2. The summed E-state index contributed by atoms with van der Waals surface area (Å²) in [6.07, 6.45) is -0.755. The third-order valence-corrected chi connectivity index (χ3v) is 1.81. The van der Waals surface area contributed by atoms with Crippen LogP contribution in [0.5, 0.6) is 0 Å². The number of rotatable bonds is 3. The predicted octanol–water partition coefficient (Wildman–Crippen LogP) is 1.31. The van der Waals surface area contributed by atoms with Gasteiger partial charge in [0.05, 0.1) is 5.69 Å². The second-order valence-corrected chi connectivity index (χ2v) is 3.06. The van der Waals surface area contributed by atoms with Crippen molar-refractivity contribution in [1.29, 1.82) is 0 Å². The molecule has 1 aromatic rings. The van der Waals surface area contributed by atoms with Gasteiger partial charge in [-0.15, -0.1) is 0 Å². The van der Waals surface area contributed by atoms with Crippen LogP contribution in [0.3, 0.4) is 0 Å². The van der Waals surface area contributed by atoms with Crippen LogP contribution in [0.4, 0.5) is 0 Å². The smallest absolute Gasteiger partial charge is 0.341 e. The lowest BCUT2D eigenvalue weighted by Gasteiger charge is -2.08. The van der Waals surface area contributed by atoms with Gasteiger partial charge in [-0.25, -0.2) is 4.79 Å². The topological polar surface area (TPSA) is 89.6 Å². The quantitative estimate of drug-likeness (QED) is 0.761. The number of aromatic nitrogens is 1. The Hall–Kier alpha value is -1.85. The lowest BCUT2D eigenvalue weighted by molar-refractivity contribution is -0.146. The molecule has 0 aliphatic carbocycles. The number of ether oxygens (including phenoxy) is 1. The van der Waals surface area contributed by atoms with Gasteiger partial charge in [-0.3, -0.25) is 4.79 Å². The van der Waals surface area contributed by atoms with Crippen molar-refractivity contribution in [3.05, 3.63) is 17.0 Å². The Morgan fingerprint density at radius 1 is 1.53 bits per heavy atom. The molecule has 1 atom stereocenters. The molecule has 1 heterocycles. The average molecular weight is 213 g/mol. The van der Waals surface area contributed by atoms with Gasteiger partial charge >= 0.3 is 11.9 Å². The minimum atomic E-state index is -1.15. The van der Waals surface area contributed by atoms with Crippen LogP contribution in [0, 0.1) is 6.92 Å². The largest absolute Gasteiger partial charge is 0.477 e. The number of carboxylic acids is 1. The Balaban J connectivity index is 3.03. The van der Waals surface area contributed by atoms with Crippen molar-refractivity contribution in [3.8, 4) is 0 Å². The van der Waals surface area contributed by atoms with Gasteiger partial charge in [0, 0.05) is 6.92 Å². The van der Waals surface area contributed by atoms with E-state index in [1.54, 1.807) is 0 Å². The number of carbonyl (C=O) groups excluding carboxylic acids is 1. The highest BCUT2D eigenvalue weighted by atomic mass is 16.6. The first-order valence-electron chi connectivity index (χ1n) is 4.30. The van der Waals surface area contributed by atoms with E-state index in [1.807, 2.05) is 0 Å². The third-order valence-electron chi connectivity index (χ3n) is 1.81. The highest BCUT2D eigenvalue weighted by Crippen LogP contribution is 2.23. The standard InChI is InChI=1S/C9H11NO5/c1-4-7(9(12)13)8(15-10-4)5(2)14-6(3)11/h5H,1-3H3,(H,12,13). The number of esters is 1. The summed E-state index contributed by atoms with van der Waals surface area (Å²) in [6.45, 7) is 4.27. The average Bonchev–Trinajstić information content (AvgIpc) is 2.45. The maximum absolute atomic E-state index is 10.9. The molecule has 0 bridgehead atoms. The maximum atomic E-state index is 10.9. The minimum absolute atomic E-state index is 0.0511. The Morgan fingerprint density at radius 2 is 2.13 bits per heavy atom. The van der Waals surface area contributed by atoms with E-state index in [1.165, 1.54) is 20.8 Å². The molecule has 0 spiro atoms. The van der Waals surface area contributed by atoms with Crippen LogP contribution in [0.2, 0.25) is 0 Å². The molecule has 6 nitrogen and oxygen atoms in total. The third kappa shape index (κ3) is 2.34. The van der Waals surface area contributed by atoms with E-state index in [0.29, 0.717) is 0 Å². The lowest BCUT2D eigenvalue weighted by Crippen LogP contribution is -2.09. The predicted molar refractivity (Wildman–Crippen MR) is 48.4 cm³/mol. The Bertz CT molecular complexity index is 395. The van der Waals surface area contributed by atoms with Crippen molar-refractivity contribution < 1.29 is 24.0 Å². The Labute approximate surface area is 85.8 Å². The van der Waals surface area contributed by atoms with E-state index in [0.717, 1.165) is 0 Å². The number of hydrogen-bond acceptors (Lipinski definition) is 5. The first kappa shape index (κ1) is 11.2. The van der Waals surface area contributed by atoms with Crippen molar-refractivity contribution in [2.24, 2.45) is 0 Å². The number of nitrogens with zero attached hydrogens (tertiary/aromatic N) is 1. The molecule has 1 aromatic heterocycles. The molecule has 1 unspecified atom stereocenters. The second-order valence-electron chi connectivity index (χ2n) is 3.06. The summed E-state index contributed by atoms with van der Waals surface area (Å²) in [7, 11) is 0. The molecule has 1 N–H and O–H groups in total. The van der Waals surface area contributed by atoms with E-state index in [2.05, 4.69) is 5.16 Å². The van der Waals surface area contributed by atoms with Gasteiger partial charge in [-0.1, -0.05) is 5.16 Å². The second kappa shape index (κ2) is 4.12. The molecule has 0 amide bonds. The summed E-state index contributed by atoms with van der Waals surface area (Å²) in [4.78, 5) is 21.5. The van der Waals surface area contributed by atoms with E-state index in [-0.39, 0.29) is 17.0 Å². The van der Waals surface area contributed by atoms with Gasteiger partial charge < -0.3 is 14.4 Å². The van der Waals surface area contributed by atoms with Crippen LogP contribution in [0.1, 0.15) is 41.8 Å². The molecule has 1 rings (SSSR count). The molecule has 0 fully saturated rings. The fourth-order valence-corrected chi connectivity index (χ4v) is 1.23. The lowest BCUT2D eigenvalue weighted by atomic mass is 10.1. The number of aromatic carboxylic acids is 1. The molecule has 0 aliphatic rings. The summed E-state index contributed by atoms with van der Waals surface area (Å²) >= 11 is 0. The van der Waals surface area contributed by atoms with Crippen LogP contribution >= 0.6 is 0 Å². The molecular weight excluding hydrogens is 202 g/mol. The molecule has 0 saturated heterocycles. The van der Waals surface area contributed by atoms with E-state index in [4.69, 9.17) is 14.4 Å². The van der Waals surface area contributed by atoms with Crippen molar-refractivity contribution in [1.82, 2.24) is 5.16 Å². The Morgan fingerprint density at radius 3 is 2.60 bits per heavy atom. The molecule has 6 heteroatoms. The van der Waals surface area contributed by atoms with Crippen LogP contribution in [-0.2, 0) is 9.53 Å². The van der Waals surface area contributed by atoms with Gasteiger partial charge in [0.15, 0.2) is 11.9 Å². The summed E-state index contributed by atoms with van der Waals surface area (Å²) in [5, 5.41) is 12.4. The van der Waals surface area contributed by atoms with Gasteiger partial charge in [0.1, 0.15) is 5.56 Å². The number of hydrogen-bond donors (Lipinski definition) is 1. The Kier molecular flexibility index (Phi) is 3.08. The van der Waals surface area contributed by atoms with E-state index in [9.17, 15) is 9.59 Å². The van der Waals surface area contributed by atoms with Gasteiger partial charge in [-0.2, -0.15) is 0 Å². The fraction of sp³-hybridized carbons (Fsp3) is 0.444. The highest BCUT2D eigenvalue weighted by Gasteiger charge is 2.25. The number of aryl methyl sites for hydroxylation is 1. The summed E-state index contributed by atoms with van der Waals surface area (Å²) in [5.74, 6) is -1.61. The number of carboxylic acid groups (broad SMARTS) is 1. The summed E-state index contributed by atoms with van der Waals surface area (Å²) < 4.78 is 9.62. The minimum Gasteiger partial charge on any atom is -0.477 e. The monoisotopic (exact) mass is 213 g/mol. The van der Waals surface area contributed by atoms with Crippen molar-refractivity contribution in [2.45, 2.75) is 26.9 Å². The van der Waals surface area contributed by atoms with Gasteiger partial charge in [0.2, 0.25) is 0 Å². The van der Waals surface area contributed by atoms with Crippen LogP contribution in [0.15, 0.2) is 4.52 Å². The SMILES string of the molecule is CC(=O)OC(C)c1onc(C)c1C(=O)O. The fourth-order valence-electron chi connectivity index (χ4n) is 1.23. The highest BCUT2D eigenvalue weighted by molar-refractivity contribution is 5.90.